The van der Waals surface area contributed by atoms with Gasteiger partial charge in [-0.3, -0.25) is 4.98 Å². The van der Waals surface area contributed by atoms with Crippen molar-refractivity contribution >= 4 is 0 Å². The fraction of sp³-hybridized carbons (Fsp3) is 0.0833. The average Bonchev–Trinajstić information content (AvgIpc) is 2.33. The maximum Gasteiger partial charge on any atom is 0.163 e. The minimum absolute atomic E-state index is 0.0101. The first-order valence-electron chi connectivity index (χ1n) is 4.90. The van der Waals surface area contributed by atoms with E-state index in [4.69, 9.17) is 5.73 Å². The van der Waals surface area contributed by atoms with Gasteiger partial charge in [-0.1, -0.05) is 12.1 Å². The molecular weight excluding hydrogens is 229 g/mol. The van der Waals surface area contributed by atoms with Crippen LogP contribution in [0.1, 0.15) is 17.3 Å². The fourth-order valence-electron chi connectivity index (χ4n) is 1.49. The van der Waals surface area contributed by atoms with Crippen LogP contribution in [0.25, 0.3) is 0 Å². The smallest absolute Gasteiger partial charge is 0.163 e. The van der Waals surface area contributed by atoms with Crippen molar-refractivity contribution in [1.82, 2.24) is 4.98 Å². The monoisotopic (exact) mass is 238 g/mol. The second-order valence-electron chi connectivity index (χ2n) is 3.52. The Hall–Kier alpha value is -1.88. The summed E-state index contributed by atoms with van der Waals surface area (Å²) in [4.78, 5) is 3.74. The summed E-state index contributed by atoms with van der Waals surface area (Å²) >= 11 is 0. The van der Waals surface area contributed by atoms with Crippen molar-refractivity contribution in [3.63, 3.8) is 0 Å². The topological polar surface area (TPSA) is 38.9 Å². The molecule has 5 heteroatoms. The Morgan fingerprint density at radius 3 is 2.47 bits per heavy atom. The van der Waals surface area contributed by atoms with Gasteiger partial charge >= 0.3 is 0 Å². The Morgan fingerprint density at radius 1 is 1.06 bits per heavy atom. The maximum atomic E-state index is 13.5. The zero-order valence-corrected chi connectivity index (χ0v) is 8.70. The summed E-state index contributed by atoms with van der Waals surface area (Å²) in [5, 5.41) is 0. The normalized spacial score (nSPS) is 12.5. The lowest BCUT2D eigenvalue weighted by Crippen LogP contribution is -2.15. The molecule has 0 fully saturated rings. The summed E-state index contributed by atoms with van der Waals surface area (Å²) in [6.07, 6.45) is 0.979. The molecule has 0 radical (unpaired) electrons. The van der Waals surface area contributed by atoms with E-state index in [9.17, 15) is 13.2 Å². The highest BCUT2D eigenvalue weighted by atomic mass is 19.2. The molecule has 0 amide bonds. The lowest BCUT2D eigenvalue weighted by Gasteiger charge is -2.12. The highest BCUT2D eigenvalue weighted by Gasteiger charge is 2.17. The SMILES string of the molecule is NC(c1ccc(F)cn1)c1cccc(F)c1F. The molecule has 2 nitrogen and oxygen atoms in total. The molecule has 2 N–H and O–H groups in total. The number of hydrogen-bond donors (Lipinski definition) is 1. The van der Waals surface area contributed by atoms with Crippen molar-refractivity contribution in [3.8, 4) is 0 Å². The lowest BCUT2D eigenvalue weighted by atomic mass is 10.0. The van der Waals surface area contributed by atoms with Crippen LogP contribution in [0, 0.1) is 17.5 Å². The molecule has 0 bridgehead atoms. The third-order valence-corrected chi connectivity index (χ3v) is 2.39. The van der Waals surface area contributed by atoms with Gasteiger partial charge in [-0.05, 0) is 18.2 Å². The molecule has 2 rings (SSSR count). The minimum Gasteiger partial charge on any atom is -0.319 e. The van der Waals surface area contributed by atoms with Gasteiger partial charge in [0.05, 0.1) is 17.9 Å². The van der Waals surface area contributed by atoms with E-state index >= 15 is 0 Å². The molecule has 0 saturated heterocycles. The maximum absolute atomic E-state index is 13.5. The third-order valence-electron chi connectivity index (χ3n) is 2.39. The second kappa shape index (κ2) is 4.55. The van der Waals surface area contributed by atoms with Gasteiger partial charge in [0.2, 0.25) is 0 Å². The van der Waals surface area contributed by atoms with Crippen LogP contribution in [0.3, 0.4) is 0 Å². The van der Waals surface area contributed by atoms with Crippen LogP contribution in [0.5, 0.6) is 0 Å². The van der Waals surface area contributed by atoms with Crippen molar-refractivity contribution in [2.45, 2.75) is 6.04 Å². The van der Waals surface area contributed by atoms with Gasteiger partial charge in [0.25, 0.3) is 0 Å². The highest BCUT2D eigenvalue weighted by Crippen LogP contribution is 2.22. The molecular formula is C12H9F3N2. The second-order valence-corrected chi connectivity index (χ2v) is 3.52. The van der Waals surface area contributed by atoms with E-state index in [0.717, 1.165) is 12.3 Å². The predicted octanol–water partition coefficient (Wildman–Crippen LogP) is 2.55. The van der Waals surface area contributed by atoms with E-state index < -0.39 is 23.5 Å². The van der Waals surface area contributed by atoms with Crippen LogP contribution in [-0.2, 0) is 0 Å². The molecule has 1 aromatic heterocycles. The number of rotatable bonds is 2. The van der Waals surface area contributed by atoms with Crippen LogP contribution >= 0.6 is 0 Å². The first-order chi connectivity index (χ1) is 8.09. The summed E-state index contributed by atoms with van der Waals surface area (Å²) in [6, 6.07) is 5.31. The zero-order valence-electron chi connectivity index (χ0n) is 8.70. The number of benzene rings is 1. The molecule has 0 aliphatic carbocycles. The first kappa shape index (κ1) is 11.6. The van der Waals surface area contributed by atoms with Crippen molar-refractivity contribution in [3.05, 3.63) is 65.2 Å². The van der Waals surface area contributed by atoms with Crippen LogP contribution < -0.4 is 5.73 Å². The zero-order chi connectivity index (χ0) is 12.4. The Morgan fingerprint density at radius 2 is 1.82 bits per heavy atom. The predicted molar refractivity (Wildman–Crippen MR) is 56.6 cm³/mol. The largest absolute Gasteiger partial charge is 0.319 e. The van der Waals surface area contributed by atoms with Gasteiger partial charge in [-0.2, -0.15) is 0 Å². The van der Waals surface area contributed by atoms with Crippen molar-refractivity contribution in [1.29, 1.82) is 0 Å². The van der Waals surface area contributed by atoms with Gasteiger partial charge in [0.1, 0.15) is 5.82 Å². The van der Waals surface area contributed by atoms with Crippen LogP contribution in [0.15, 0.2) is 36.5 Å². The van der Waals surface area contributed by atoms with Gasteiger partial charge in [0.15, 0.2) is 11.6 Å². The van der Waals surface area contributed by atoms with Crippen LogP contribution in [0.2, 0.25) is 0 Å². The number of nitrogens with two attached hydrogens (primary N) is 1. The van der Waals surface area contributed by atoms with Crippen LogP contribution in [0.4, 0.5) is 13.2 Å². The van der Waals surface area contributed by atoms with Gasteiger partial charge in [-0.25, -0.2) is 13.2 Å². The standard InChI is InChI=1S/C12H9F3N2/c13-7-4-5-10(17-6-7)12(16)8-2-1-3-9(14)11(8)15/h1-6,12H,16H2. The molecule has 0 aliphatic rings. The Labute approximate surface area is 95.9 Å². The number of aromatic nitrogens is 1. The lowest BCUT2D eigenvalue weighted by molar-refractivity contribution is 0.493. The first-order valence-corrected chi connectivity index (χ1v) is 4.90. The number of pyridine rings is 1. The van der Waals surface area contributed by atoms with E-state index in [0.29, 0.717) is 0 Å². The Balaban J connectivity index is 2.40. The molecule has 2 aromatic rings. The number of hydrogen-bond acceptors (Lipinski definition) is 2. The van der Waals surface area contributed by atoms with E-state index in [1.54, 1.807) is 0 Å². The van der Waals surface area contributed by atoms with Gasteiger partial charge < -0.3 is 5.73 Å². The summed E-state index contributed by atoms with van der Waals surface area (Å²) in [5.41, 5.74) is 6.01. The summed E-state index contributed by atoms with van der Waals surface area (Å²) in [5.74, 6) is -2.49. The molecule has 1 atom stereocenters. The molecule has 17 heavy (non-hydrogen) atoms. The highest BCUT2D eigenvalue weighted by molar-refractivity contribution is 5.29. The Kier molecular flexibility index (Phi) is 3.10. The van der Waals surface area contributed by atoms with Crippen LogP contribution in [-0.4, -0.2) is 4.98 Å². The molecule has 0 spiro atoms. The van der Waals surface area contributed by atoms with E-state index in [1.807, 2.05) is 0 Å². The van der Waals surface area contributed by atoms with Gasteiger partial charge in [-0.15, -0.1) is 0 Å². The van der Waals surface area contributed by atoms with E-state index in [-0.39, 0.29) is 11.3 Å². The van der Waals surface area contributed by atoms with Crippen molar-refractivity contribution in [2.24, 2.45) is 5.73 Å². The minimum atomic E-state index is -1.01. The molecule has 0 saturated carbocycles. The molecule has 0 aliphatic heterocycles. The molecule has 1 unspecified atom stereocenters. The molecule has 88 valence electrons. The summed E-state index contributed by atoms with van der Waals surface area (Å²) < 4.78 is 39.1. The quantitative estimate of drug-likeness (QED) is 0.873. The average molecular weight is 238 g/mol. The molecule has 1 aromatic carbocycles. The Bertz CT molecular complexity index is 526. The molecule has 1 heterocycles. The van der Waals surface area contributed by atoms with E-state index in [1.165, 1.54) is 24.3 Å². The van der Waals surface area contributed by atoms with Crippen molar-refractivity contribution < 1.29 is 13.2 Å². The third kappa shape index (κ3) is 2.29. The fourth-order valence-corrected chi connectivity index (χ4v) is 1.49. The van der Waals surface area contributed by atoms with Crippen molar-refractivity contribution in [2.75, 3.05) is 0 Å². The number of halogens is 3. The van der Waals surface area contributed by atoms with E-state index in [2.05, 4.69) is 4.98 Å². The number of nitrogens with zero attached hydrogens (tertiary/aromatic N) is 1. The summed E-state index contributed by atoms with van der Waals surface area (Å²) in [7, 11) is 0. The van der Waals surface area contributed by atoms with Gasteiger partial charge in [0, 0.05) is 5.56 Å². The summed E-state index contributed by atoms with van der Waals surface area (Å²) in [6.45, 7) is 0.